The molecule has 0 spiro atoms. The van der Waals surface area contributed by atoms with Gasteiger partial charge >= 0.3 is 5.97 Å². The first-order chi connectivity index (χ1) is 7.47. The van der Waals surface area contributed by atoms with Gasteiger partial charge in [0.2, 0.25) is 10.0 Å². The standard InChI is InChI=1S/C9H18ClNO4S/c1-3-6-11(8-9(12)15-2)16(13,14)7-4-5-10/h3-8H2,1-2H3. The molecule has 0 aliphatic heterocycles. The summed E-state index contributed by atoms with van der Waals surface area (Å²) in [5, 5.41) is 0. The van der Waals surface area contributed by atoms with E-state index in [-0.39, 0.29) is 18.2 Å². The highest BCUT2D eigenvalue weighted by Gasteiger charge is 2.23. The Morgan fingerprint density at radius 1 is 1.44 bits per heavy atom. The van der Waals surface area contributed by atoms with Crippen molar-refractivity contribution in [2.24, 2.45) is 0 Å². The van der Waals surface area contributed by atoms with Crippen LogP contribution in [0.5, 0.6) is 0 Å². The largest absolute Gasteiger partial charge is 0.468 e. The third kappa shape index (κ3) is 5.67. The van der Waals surface area contributed by atoms with Gasteiger partial charge in [-0.2, -0.15) is 4.31 Å². The molecular formula is C9H18ClNO4S. The lowest BCUT2D eigenvalue weighted by molar-refractivity contribution is -0.140. The molecule has 0 aliphatic rings. The molecule has 0 atom stereocenters. The molecule has 0 amide bonds. The quantitative estimate of drug-likeness (QED) is 0.485. The first-order valence-electron chi connectivity index (χ1n) is 5.08. The van der Waals surface area contributed by atoms with Crippen LogP contribution in [0.25, 0.3) is 0 Å². The lowest BCUT2D eigenvalue weighted by Crippen LogP contribution is -2.38. The van der Waals surface area contributed by atoms with E-state index in [1.54, 1.807) is 0 Å². The van der Waals surface area contributed by atoms with Crippen LogP contribution in [0.4, 0.5) is 0 Å². The fourth-order valence-electron chi connectivity index (χ4n) is 1.14. The highest BCUT2D eigenvalue weighted by Crippen LogP contribution is 2.05. The molecular weight excluding hydrogens is 254 g/mol. The van der Waals surface area contributed by atoms with Gasteiger partial charge in [-0.3, -0.25) is 4.79 Å². The zero-order valence-corrected chi connectivity index (χ0v) is 11.2. The van der Waals surface area contributed by atoms with Crippen molar-refractivity contribution in [2.45, 2.75) is 19.8 Å². The van der Waals surface area contributed by atoms with Crippen LogP contribution in [-0.4, -0.2) is 50.5 Å². The Morgan fingerprint density at radius 2 is 2.06 bits per heavy atom. The first-order valence-corrected chi connectivity index (χ1v) is 7.23. The summed E-state index contributed by atoms with van der Waals surface area (Å²) in [6.45, 7) is 1.94. The van der Waals surface area contributed by atoms with Crippen molar-refractivity contribution in [3.8, 4) is 0 Å². The van der Waals surface area contributed by atoms with Gasteiger partial charge in [0.25, 0.3) is 0 Å². The monoisotopic (exact) mass is 271 g/mol. The third-order valence-corrected chi connectivity index (χ3v) is 4.11. The maximum absolute atomic E-state index is 11.8. The van der Waals surface area contributed by atoms with E-state index >= 15 is 0 Å². The predicted molar refractivity (Wildman–Crippen MR) is 63.0 cm³/mol. The Bertz CT molecular complexity index is 305. The fraction of sp³-hybridized carbons (Fsp3) is 0.889. The van der Waals surface area contributed by atoms with E-state index in [9.17, 15) is 13.2 Å². The summed E-state index contributed by atoms with van der Waals surface area (Å²) in [6.07, 6.45) is 1.03. The van der Waals surface area contributed by atoms with Crippen molar-refractivity contribution in [1.29, 1.82) is 0 Å². The minimum absolute atomic E-state index is 0.0342. The number of alkyl halides is 1. The molecule has 0 unspecified atom stereocenters. The molecule has 16 heavy (non-hydrogen) atoms. The number of nitrogens with zero attached hydrogens (tertiary/aromatic N) is 1. The van der Waals surface area contributed by atoms with E-state index in [1.165, 1.54) is 7.11 Å². The van der Waals surface area contributed by atoms with Gasteiger partial charge in [0, 0.05) is 12.4 Å². The Balaban J connectivity index is 4.55. The number of sulfonamides is 1. The van der Waals surface area contributed by atoms with E-state index in [2.05, 4.69) is 4.74 Å². The predicted octanol–water partition coefficient (Wildman–Crippen LogP) is 0.830. The van der Waals surface area contributed by atoms with E-state index in [0.29, 0.717) is 19.4 Å². The smallest absolute Gasteiger partial charge is 0.321 e. The molecule has 0 aromatic carbocycles. The van der Waals surface area contributed by atoms with Crippen LogP contribution in [-0.2, 0) is 19.6 Å². The third-order valence-electron chi connectivity index (χ3n) is 1.94. The van der Waals surface area contributed by atoms with Gasteiger partial charge in [-0.15, -0.1) is 11.6 Å². The normalized spacial score (nSPS) is 11.8. The minimum Gasteiger partial charge on any atom is -0.468 e. The van der Waals surface area contributed by atoms with Crippen molar-refractivity contribution < 1.29 is 17.9 Å². The van der Waals surface area contributed by atoms with Crippen LogP contribution in [0.3, 0.4) is 0 Å². The molecule has 0 heterocycles. The molecule has 5 nitrogen and oxygen atoms in total. The Hall–Kier alpha value is -0.330. The summed E-state index contributed by atoms with van der Waals surface area (Å²) >= 11 is 5.45. The number of carbonyl (C=O) groups excluding carboxylic acids is 1. The number of methoxy groups -OCH3 is 1. The van der Waals surface area contributed by atoms with Crippen LogP contribution in [0.15, 0.2) is 0 Å². The summed E-state index contributed by atoms with van der Waals surface area (Å²) in [7, 11) is -2.17. The molecule has 0 aromatic heterocycles. The second-order valence-electron chi connectivity index (χ2n) is 3.27. The van der Waals surface area contributed by atoms with Crippen LogP contribution in [0, 0.1) is 0 Å². The van der Waals surface area contributed by atoms with Crippen molar-refractivity contribution in [3.05, 3.63) is 0 Å². The van der Waals surface area contributed by atoms with Gasteiger partial charge in [0.05, 0.1) is 12.9 Å². The molecule has 0 aromatic rings. The molecule has 0 saturated heterocycles. The summed E-state index contributed by atoms with van der Waals surface area (Å²) in [5.74, 6) is -0.298. The maximum atomic E-state index is 11.8. The second kappa shape index (κ2) is 7.86. The van der Waals surface area contributed by atoms with Crippen molar-refractivity contribution >= 4 is 27.6 Å². The topological polar surface area (TPSA) is 63.7 Å². The number of rotatable bonds is 8. The minimum atomic E-state index is -3.40. The van der Waals surface area contributed by atoms with Crippen LogP contribution >= 0.6 is 11.6 Å². The highest BCUT2D eigenvalue weighted by molar-refractivity contribution is 7.89. The molecule has 0 radical (unpaired) electrons. The van der Waals surface area contributed by atoms with Crippen molar-refractivity contribution in [1.82, 2.24) is 4.31 Å². The molecule has 96 valence electrons. The highest BCUT2D eigenvalue weighted by atomic mass is 35.5. The SMILES string of the molecule is CCCN(CC(=O)OC)S(=O)(=O)CCCCl. The number of hydrogen-bond acceptors (Lipinski definition) is 4. The van der Waals surface area contributed by atoms with Gasteiger partial charge in [-0.25, -0.2) is 8.42 Å². The van der Waals surface area contributed by atoms with Crippen molar-refractivity contribution in [2.75, 3.05) is 31.8 Å². The van der Waals surface area contributed by atoms with Crippen LogP contribution in [0.2, 0.25) is 0 Å². The summed E-state index contributed by atoms with van der Waals surface area (Å²) < 4.78 is 29.2. The second-order valence-corrected chi connectivity index (χ2v) is 5.73. The summed E-state index contributed by atoms with van der Waals surface area (Å²) in [4.78, 5) is 11.1. The molecule has 0 N–H and O–H groups in total. The van der Waals surface area contributed by atoms with Gasteiger partial charge in [0.1, 0.15) is 6.54 Å². The van der Waals surface area contributed by atoms with Gasteiger partial charge in [0.15, 0.2) is 0 Å². The van der Waals surface area contributed by atoms with Crippen LogP contribution in [0.1, 0.15) is 19.8 Å². The zero-order valence-electron chi connectivity index (χ0n) is 9.61. The molecule has 0 rings (SSSR count). The molecule has 0 aliphatic carbocycles. The number of ether oxygens (including phenoxy) is 1. The van der Waals surface area contributed by atoms with E-state index in [4.69, 9.17) is 11.6 Å². The molecule has 0 saturated carbocycles. The number of hydrogen-bond donors (Lipinski definition) is 0. The Morgan fingerprint density at radius 3 is 2.50 bits per heavy atom. The molecule has 0 fully saturated rings. The number of carbonyl (C=O) groups is 1. The molecule has 7 heteroatoms. The van der Waals surface area contributed by atoms with Gasteiger partial charge in [-0.05, 0) is 12.8 Å². The number of esters is 1. The Kier molecular flexibility index (Phi) is 7.70. The zero-order chi connectivity index (χ0) is 12.6. The summed E-state index contributed by atoms with van der Waals surface area (Å²) in [5.41, 5.74) is 0. The average Bonchev–Trinajstić information content (AvgIpc) is 2.25. The maximum Gasteiger partial charge on any atom is 0.321 e. The van der Waals surface area contributed by atoms with Crippen LogP contribution < -0.4 is 0 Å². The molecule has 0 bridgehead atoms. The van der Waals surface area contributed by atoms with Crippen molar-refractivity contribution in [3.63, 3.8) is 0 Å². The summed E-state index contributed by atoms with van der Waals surface area (Å²) in [6, 6.07) is 0. The van der Waals surface area contributed by atoms with E-state index < -0.39 is 16.0 Å². The van der Waals surface area contributed by atoms with E-state index in [1.807, 2.05) is 6.92 Å². The Labute approximate surface area is 102 Å². The van der Waals surface area contributed by atoms with Gasteiger partial charge in [-0.1, -0.05) is 6.92 Å². The lowest BCUT2D eigenvalue weighted by atomic mass is 10.5. The van der Waals surface area contributed by atoms with Gasteiger partial charge < -0.3 is 4.74 Å². The first kappa shape index (κ1) is 15.7. The lowest BCUT2D eigenvalue weighted by Gasteiger charge is -2.19. The average molecular weight is 272 g/mol. The number of halogens is 1. The fourth-order valence-corrected chi connectivity index (χ4v) is 2.96. The van der Waals surface area contributed by atoms with E-state index in [0.717, 1.165) is 4.31 Å².